The van der Waals surface area contributed by atoms with Crippen molar-refractivity contribution in [1.29, 1.82) is 0 Å². The third-order valence-corrected chi connectivity index (χ3v) is 3.68. The molecule has 7 heteroatoms. The molecule has 1 atom stereocenters. The first-order valence-corrected chi connectivity index (χ1v) is 8.53. The minimum absolute atomic E-state index is 0.0962. The summed E-state index contributed by atoms with van der Waals surface area (Å²) in [4.78, 5) is 23.9. The number of carbonyl (C=O) groups is 2. The molecule has 1 N–H and O–H groups in total. The molecule has 1 amide bonds. The molecule has 0 fully saturated rings. The highest BCUT2D eigenvalue weighted by molar-refractivity contribution is 7.80. The summed E-state index contributed by atoms with van der Waals surface area (Å²) in [5.74, 6) is 0.424. The van der Waals surface area contributed by atoms with Crippen LogP contribution in [-0.2, 0) is 16.1 Å². The fraction of sp³-hybridized carbons (Fsp3) is 0.333. The summed E-state index contributed by atoms with van der Waals surface area (Å²) in [7, 11) is 0. The maximum absolute atomic E-state index is 12.2. The van der Waals surface area contributed by atoms with Crippen LogP contribution in [0.2, 0.25) is 0 Å². The summed E-state index contributed by atoms with van der Waals surface area (Å²) < 4.78 is 16.0. The Bertz CT molecular complexity index is 728. The Morgan fingerprint density at radius 3 is 2.76 bits per heavy atom. The number of rotatable bonds is 8. The first kappa shape index (κ1) is 18.9. The lowest BCUT2D eigenvalue weighted by molar-refractivity contribution is -0.144. The van der Waals surface area contributed by atoms with Gasteiger partial charge in [-0.15, -0.1) is 0 Å². The molecule has 134 valence electrons. The number of amides is 1. The Kier molecular flexibility index (Phi) is 6.94. The number of thiol groups is 1. The van der Waals surface area contributed by atoms with Crippen molar-refractivity contribution in [2.24, 2.45) is 0 Å². The van der Waals surface area contributed by atoms with Gasteiger partial charge < -0.3 is 19.2 Å². The Morgan fingerprint density at radius 1 is 1.28 bits per heavy atom. The average Bonchev–Trinajstić information content (AvgIpc) is 3.07. The molecule has 0 aliphatic carbocycles. The van der Waals surface area contributed by atoms with Crippen LogP contribution in [0.1, 0.15) is 28.8 Å². The van der Waals surface area contributed by atoms with Gasteiger partial charge in [-0.1, -0.05) is 12.1 Å². The molecule has 2 aromatic rings. The van der Waals surface area contributed by atoms with Crippen LogP contribution < -0.4 is 10.1 Å². The number of nitrogens with one attached hydrogen (secondary N) is 1. The molecule has 0 saturated heterocycles. The fourth-order valence-electron chi connectivity index (χ4n) is 2.09. The van der Waals surface area contributed by atoms with E-state index in [1.165, 1.54) is 6.07 Å². The maximum Gasteiger partial charge on any atom is 0.329 e. The highest BCUT2D eigenvalue weighted by atomic mass is 32.1. The summed E-state index contributed by atoms with van der Waals surface area (Å²) in [6.07, 6.45) is 0. The highest BCUT2D eigenvalue weighted by Gasteiger charge is 2.22. The lowest BCUT2D eigenvalue weighted by Gasteiger charge is -2.13. The van der Waals surface area contributed by atoms with Crippen molar-refractivity contribution in [3.63, 3.8) is 0 Å². The number of hydrogen-bond donors (Lipinski definition) is 2. The van der Waals surface area contributed by atoms with E-state index in [0.29, 0.717) is 5.76 Å². The zero-order valence-electron chi connectivity index (χ0n) is 14.2. The summed E-state index contributed by atoms with van der Waals surface area (Å²) >= 11 is 4.06. The average molecular weight is 363 g/mol. The zero-order chi connectivity index (χ0) is 18.2. The molecule has 0 spiro atoms. The van der Waals surface area contributed by atoms with Crippen molar-refractivity contribution < 1.29 is 23.5 Å². The van der Waals surface area contributed by atoms with Crippen molar-refractivity contribution in [3.8, 4) is 5.75 Å². The van der Waals surface area contributed by atoms with Crippen molar-refractivity contribution in [1.82, 2.24) is 5.32 Å². The number of benzene rings is 1. The summed E-state index contributed by atoms with van der Waals surface area (Å²) in [6, 6.07) is 10.00. The van der Waals surface area contributed by atoms with Gasteiger partial charge in [-0.25, -0.2) is 4.79 Å². The van der Waals surface area contributed by atoms with Gasteiger partial charge in [-0.05, 0) is 43.7 Å². The first-order valence-electron chi connectivity index (χ1n) is 7.90. The van der Waals surface area contributed by atoms with Gasteiger partial charge in [-0.2, -0.15) is 12.6 Å². The van der Waals surface area contributed by atoms with Crippen LogP contribution in [0.3, 0.4) is 0 Å². The molecular formula is C18H21NO5S. The molecule has 25 heavy (non-hydrogen) atoms. The molecule has 1 aromatic carbocycles. The third-order valence-electron chi connectivity index (χ3n) is 3.32. The summed E-state index contributed by atoms with van der Waals surface area (Å²) in [5, 5.41) is 2.54. The number of aryl methyl sites for hydroxylation is 1. The normalized spacial score (nSPS) is 11.6. The number of esters is 1. The minimum atomic E-state index is -0.826. The second kappa shape index (κ2) is 9.17. The van der Waals surface area contributed by atoms with Crippen molar-refractivity contribution >= 4 is 24.5 Å². The van der Waals surface area contributed by atoms with Crippen LogP contribution in [0.5, 0.6) is 5.75 Å². The second-order valence-corrected chi connectivity index (χ2v) is 5.70. The standard InChI is InChI=1S/C18H21NO5S/c1-3-22-18(21)15(11-25)19-17(20)16-8-7-14(24-16)10-23-13-6-4-5-12(2)9-13/h4-9,15,25H,3,10-11H2,1-2H3,(H,19,20)/t15-/m0/s1. The molecule has 1 aromatic heterocycles. The van der Waals surface area contributed by atoms with E-state index >= 15 is 0 Å². The van der Waals surface area contributed by atoms with Crippen molar-refractivity contribution in [2.75, 3.05) is 12.4 Å². The van der Waals surface area contributed by atoms with Gasteiger partial charge >= 0.3 is 5.97 Å². The van der Waals surface area contributed by atoms with E-state index in [9.17, 15) is 9.59 Å². The van der Waals surface area contributed by atoms with Gasteiger partial charge in [0.05, 0.1) is 6.61 Å². The smallest absolute Gasteiger partial charge is 0.329 e. The Labute approximate surface area is 151 Å². The molecule has 2 rings (SSSR count). The molecule has 0 bridgehead atoms. The number of carbonyl (C=O) groups excluding carboxylic acids is 2. The van der Waals surface area contributed by atoms with Gasteiger partial charge in [0, 0.05) is 5.75 Å². The predicted octanol–water partition coefficient (Wildman–Crippen LogP) is 2.76. The quantitative estimate of drug-likeness (QED) is 0.557. The number of hydrogen-bond acceptors (Lipinski definition) is 6. The molecule has 6 nitrogen and oxygen atoms in total. The first-order chi connectivity index (χ1) is 12.0. The summed E-state index contributed by atoms with van der Waals surface area (Å²) in [6.45, 7) is 4.11. The molecule has 0 aliphatic rings. The fourth-order valence-corrected chi connectivity index (χ4v) is 2.33. The van der Waals surface area contributed by atoms with Gasteiger partial charge in [0.2, 0.25) is 0 Å². The Morgan fingerprint density at radius 2 is 2.08 bits per heavy atom. The van der Waals surface area contributed by atoms with Crippen molar-refractivity contribution in [2.45, 2.75) is 26.5 Å². The van der Waals surface area contributed by atoms with E-state index < -0.39 is 17.9 Å². The van der Waals surface area contributed by atoms with E-state index in [0.717, 1.165) is 11.3 Å². The van der Waals surface area contributed by atoms with Crippen LogP contribution in [0.4, 0.5) is 0 Å². The SMILES string of the molecule is CCOC(=O)[C@H](CS)NC(=O)c1ccc(COc2cccc(C)c2)o1. The topological polar surface area (TPSA) is 77.8 Å². The van der Waals surface area contributed by atoms with E-state index in [4.69, 9.17) is 13.9 Å². The van der Waals surface area contributed by atoms with Gasteiger partial charge in [0.1, 0.15) is 24.2 Å². The lowest BCUT2D eigenvalue weighted by Crippen LogP contribution is -2.43. The van der Waals surface area contributed by atoms with E-state index in [2.05, 4.69) is 17.9 Å². The van der Waals surface area contributed by atoms with Crippen LogP contribution in [0.25, 0.3) is 0 Å². The Hall–Kier alpha value is -2.41. The molecule has 1 heterocycles. The van der Waals surface area contributed by atoms with Crippen LogP contribution in [0, 0.1) is 6.92 Å². The van der Waals surface area contributed by atoms with Crippen LogP contribution in [0.15, 0.2) is 40.8 Å². The van der Waals surface area contributed by atoms with Gasteiger partial charge in [0.25, 0.3) is 5.91 Å². The minimum Gasteiger partial charge on any atom is -0.486 e. The molecule has 0 radical (unpaired) electrons. The van der Waals surface area contributed by atoms with E-state index in [1.54, 1.807) is 13.0 Å². The monoisotopic (exact) mass is 363 g/mol. The second-order valence-electron chi connectivity index (χ2n) is 5.33. The molecule has 0 unspecified atom stereocenters. The van der Waals surface area contributed by atoms with Gasteiger partial charge in [-0.3, -0.25) is 4.79 Å². The molecular weight excluding hydrogens is 342 g/mol. The van der Waals surface area contributed by atoms with E-state index in [-0.39, 0.29) is 24.7 Å². The van der Waals surface area contributed by atoms with Crippen LogP contribution >= 0.6 is 12.6 Å². The highest BCUT2D eigenvalue weighted by Crippen LogP contribution is 2.16. The molecule has 0 saturated carbocycles. The third kappa shape index (κ3) is 5.56. The maximum atomic E-state index is 12.2. The molecule has 0 aliphatic heterocycles. The predicted molar refractivity (Wildman–Crippen MR) is 96.0 cm³/mol. The Balaban J connectivity index is 1.93. The van der Waals surface area contributed by atoms with Gasteiger partial charge in [0.15, 0.2) is 5.76 Å². The van der Waals surface area contributed by atoms with E-state index in [1.807, 2.05) is 31.2 Å². The lowest BCUT2D eigenvalue weighted by atomic mass is 10.2. The van der Waals surface area contributed by atoms with Crippen LogP contribution in [-0.4, -0.2) is 30.3 Å². The zero-order valence-corrected chi connectivity index (χ0v) is 15.0. The summed E-state index contributed by atoms with van der Waals surface area (Å²) in [5.41, 5.74) is 1.09. The van der Waals surface area contributed by atoms with Crippen molar-refractivity contribution in [3.05, 3.63) is 53.5 Å². The number of furan rings is 1. The number of ether oxygens (including phenoxy) is 2. The largest absolute Gasteiger partial charge is 0.486 e.